The lowest BCUT2D eigenvalue weighted by Gasteiger charge is -2.27. The smallest absolute Gasteiger partial charge is 0.353 e. The molecule has 0 spiro atoms. The molecule has 1 aromatic heterocycles. The standard InChI is InChI=1S/C14H24N2O11P2S/c1-8(2)26-29(21,30)27-11-10(22-3)12(16-6-5-9(17)15-14(16)18)25-13(11)24-7-28(19,20)23-4/h5-6,8,10-13H,7H2,1-4H3,(H,19,20)(H,21,30)(H,15,17,18)/t10?,11?,12-,13+,29?/m1/s1. The summed E-state index contributed by atoms with van der Waals surface area (Å²) in [5.74, 6) is 0. The zero-order valence-corrected chi connectivity index (χ0v) is 19.2. The third-order valence-corrected chi connectivity index (χ3v) is 6.59. The highest BCUT2D eigenvalue weighted by molar-refractivity contribution is 8.07. The van der Waals surface area contributed by atoms with Gasteiger partial charge in [-0.3, -0.25) is 23.4 Å². The average Bonchev–Trinajstić information content (AvgIpc) is 2.95. The van der Waals surface area contributed by atoms with Crippen molar-refractivity contribution in [1.29, 1.82) is 0 Å². The Morgan fingerprint density at radius 3 is 2.50 bits per heavy atom. The molecule has 4 unspecified atom stereocenters. The summed E-state index contributed by atoms with van der Waals surface area (Å²) in [6.45, 7) is -0.538. The van der Waals surface area contributed by atoms with E-state index in [0.717, 1.165) is 17.7 Å². The molecule has 2 rings (SSSR count). The third kappa shape index (κ3) is 6.62. The second-order valence-electron chi connectivity index (χ2n) is 6.42. The first kappa shape index (κ1) is 25.5. The van der Waals surface area contributed by atoms with E-state index in [4.69, 9.17) is 35.1 Å². The van der Waals surface area contributed by atoms with E-state index in [1.54, 1.807) is 13.8 Å². The Labute approximate surface area is 176 Å². The quantitative estimate of drug-likeness (QED) is 0.383. The molecule has 2 heterocycles. The van der Waals surface area contributed by atoms with Gasteiger partial charge in [0.05, 0.1) is 6.10 Å². The first-order chi connectivity index (χ1) is 13.9. The zero-order chi connectivity index (χ0) is 22.7. The Balaban J connectivity index is 2.38. The molecule has 0 bridgehead atoms. The molecule has 0 saturated carbocycles. The van der Waals surface area contributed by atoms with Crippen LogP contribution >= 0.6 is 14.3 Å². The number of methoxy groups -OCH3 is 1. The minimum Gasteiger partial charge on any atom is -0.374 e. The van der Waals surface area contributed by atoms with Crippen LogP contribution in [0.4, 0.5) is 0 Å². The monoisotopic (exact) mass is 490 g/mol. The van der Waals surface area contributed by atoms with Crippen molar-refractivity contribution in [2.75, 3.05) is 20.6 Å². The number of aromatic amines is 1. The van der Waals surface area contributed by atoms with Gasteiger partial charge in [-0.15, -0.1) is 0 Å². The Morgan fingerprint density at radius 1 is 1.30 bits per heavy atom. The fourth-order valence-electron chi connectivity index (χ4n) is 2.62. The van der Waals surface area contributed by atoms with Crippen LogP contribution in [-0.4, -0.2) is 64.5 Å². The Bertz CT molecular complexity index is 935. The molecule has 1 aliphatic rings. The van der Waals surface area contributed by atoms with Crippen LogP contribution in [0.5, 0.6) is 0 Å². The lowest BCUT2D eigenvalue weighted by Crippen LogP contribution is -2.39. The molecule has 1 aromatic rings. The fourth-order valence-corrected chi connectivity index (χ4v) is 4.99. The van der Waals surface area contributed by atoms with Crippen molar-refractivity contribution in [3.63, 3.8) is 0 Å². The summed E-state index contributed by atoms with van der Waals surface area (Å²) in [5, 5.41) is 0. The molecule has 1 saturated heterocycles. The van der Waals surface area contributed by atoms with Crippen molar-refractivity contribution in [3.8, 4) is 0 Å². The van der Waals surface area contributed by atoms with Crippen LogP contribution in [0.15, 0.2) is 21.9 Å². The van der Waals surface area contributed by atoms with Crippen LogP contribution in [0.2, 0.25) is 0 Å². The van der Waals surface area contributed by atoms with Gasteiger partial charge in [0.15, 0.2) is 18.9 Å². The zero-order valence-electron chi connectivity index (χ0n) is 16.6. The molecular weight excluding hydrogens is 466 g/mol. The highest BCUT2D eigenvalue weighted by atomic mass is 32.5. The Kier molecular flexibility index (Phi) is 8.70. The van der Waals surface area contributed by atoms with Crippen LogP contribution in [0.3, 0.4) is 0 Å². The van der Waals surface area contributed by atoms with Gasteiger partial charge in [-0.05, 0) is 25.7 Å². The van der Waals surface area contributed by atoms with Crippen molar-refractivity contribution < 1.29 is 42.1 Å². The summed E-state index contributed by atoms with van der Waals surface area (Å²) in [7, 11) is -1.78. The van der Waals surface area contributed by atoms with Crippen LogP contribution in [0.1, 0.15) is 20.1 Å². The average molecular weight is 490 g/mol. The number of nitrogens with zero attached hydrogens (tertiary/aromatic N) is 1. The molecule has 13 nitrogen and oxygen atoms in total. The fraction of sp³-hybridized carbons (Fsp3) is 0.714. The predicted molar refractivity (Wildman–Crippen MR) is 106 cm³/mol. The Hall–Kier alpha value is -0.760. The number of rotatable bonds is 10. The second kappa shape index (κ2) is 10.2. The molecule has 1 aliphatic heterocycles. The van der Waals surface area contributed by atoms with E-state index in [2.05, 4.69) is 9.51 Å². The third-order valence-electron chi connectivity index (χ3n) is 3.83. The van der Waals surface area contributed by atoms with Crippen molar-refractivity contribution in [2.45, 2.75) is 44.7 Å². The summed E-state index contributed by atoms with van der Waals surface area (Å²) in [6, 6.07) is 1.09. The minimum absolute atomic E-state index is 0.465. The minimum atomic E-state index is -4.09. The molecule has 0 amide bonds. The van der Waals surface area contributed by atoms with Gasteiger partial charge in [0, 0.05) is 26.5 Å². The molecule has 16 heteroatoms. The second-order valence-corrected chi connectivity index (χ2v) is 11.1. The van der Waals surface area contributed by atoms with Crippen molar-refractivity contribution in [3.05, 3.63) is 33.1 Å². The normalized spacial score (nSPS) is 28.4. The van der Waals surface area contributed by atoms with Crippen LogP contribution in [0, 0.1) is 0 Å². The summed E-state index contributed by atoms with van der Waals surface area (Å²) in [4.78, 5) is 45.6. The van der Waals surface area contributed by atoms with E-state index in [1.807, 2.05) is 0 Å². The number of nitrogens with one attached hydrogen (secondary N) is 1. The maximum absolute atomic E-state index is 12.2. The highest BCUT2D eigenvalue weighted by Gasteiger charge is 2.50. The summed E-state index contributed by atoms with van der Waals surface area (Å²) in [6.07, 6.45) is -5.01. The van der Waals surface area contributed by atoms with Gasteiger partial charge in [0.2, 0.25) is 0 Å². The van der Waals surface area contributed by atoms with E-state index < -0.39 is 62.7 Å². The van der Waals surface area contributed by atoms with E-state index >= 15 is 0 Å². The molecule has 0 aliphatic carbocycles. The molecule has 0 radical (unpaired) electrons. The SMILES string of the molecule is COC1C(OP(O)(=S)OC(C)C)[C@@H](OCP(=O)(O)OC)O[C@H]1n1ccc(=O)[nH]c1=O. The maximum atomic E-state index is 12.2. The van der Waals surface area contributed by atoms with E-state index in [-0.39, 0.29) is 0 Å². The van der Waals surface area contributed by atoms with Crippen molar-refractivity contribution in [1.82, 2.24) is 9.55 Å². The molecule has 6 atom stereocenters. The molecule has 30 heavy (non-hydrogen) atoms. The first-order valence-corrected chi connectivity index (χ1v) is 12.9. The molecule has 1 fully saturated rings. The molecule has 172 valence electrons. The van der Waals surface area contributed by atoms with Crippen molar-refractivity contribution in [2.24, 2.45) is 0 Å². The number of ether oxygens (including phenoxy) is 3. The van der Waals surface area contributed by atoms with Gasteiger partial charge in [0.25, 0.3) is 5.56 Å². The van der Waals surface area contributed by atoms with Gasteiger partial charge in [-0.1, -0.05) is 0 Å². The first-order valence-electron chi connectivity index (χ1n) is 8.57. The van der Waals surface area contributed by atoms with E-state index in [9.17, 15) is 23.9 Å². The van der Waals surface area contributed by atoms with Crippen LogP contribution in [-0.2, 0) is 44.2 Å². The van der Waals surface area contributed by atoms with Gasteiger partial charge in [-0.25, -0.2) is 4.79 Å². The van der Waals surface area contributed by atoms with Crippen LogP contribution in [0.25, 0.3) is 0 Å². The van der Waals surface area contributed by atoms with Gasteiger partial charge < -0.3 is 33.0 Å². The lowest BCUT2D eigenvalue weighted by atomic mass is 10.2. The van der Waals surface area contributed by atoms with Crippen molar-refractivity contribution >= 4 is 26.1 Å². The number of hydrogen-bond donors (Lipinski definition) is 3. The van der Waals surface area contributed by atoms with E-state index in [0.29, 0.717) is 0 Å². The number of aromatic nitrogens is 2. The van der Waals surface area contributed by atoms with Crippen LogP contribution < -0.4 is 11.2 Å². The summed E-state index contributed by atoms with van der Waals surface area (Å²) < 4.78 is 44.4. The summed E-state index contributed by atoms with van der Waals surface area (Å²) in [5.41, 5.74) is -1.43. The summed E-state index contributed by atoms with van der Waals surface area (Å²) >= 11 is 5.00. The van der Waals surface area contributed by atoms with E-state index in [1.165, 1.54) is 13.3 Å². The van der Waals surface area contributed by atoms with Gasteiger partial charge in [0.1, 0.15) is 12.2 Å². The van der Waals surface area contributed by atoms with Gasteiger partial charge in [-0.2, -0.15) is 0 Å². The lowest BCUT2D eigenvalue weighted by molar-refractivity contribution is -0.166. The maximum Gasteiger partial charge on any atom is 0.353 e. The molecular formula is C14H24N2O11P2S. The number of hydrogen-bond acceptors (Lipinski definition) is 10. The van der Waals surface area contributed by atoms with Gasteiger partial charge >= 0.3 is 20.0 Å². The largest absolute Gasteiger partial charge is 0.374 e. The topological polar surface area (TPSA) is 168 Å². The number of H-pyrrole nitrogens is 1. The highest BCUT2D eigenvalue weighted by Crippen LogP contribution is 2.51. The predicted octanol–water partition coefficient (Wildman–Crippen LogP) is 0.239. The Morgan fingerprint density at radius 2 is 1.97 bits per heavy atom. The molecule has 3 N–H and O–H groups in total. The molecule has 0 aromatic carbocycles.